The molecule has 1 aromatic heterocycles. The molecule has 0 saturated carbocycles. The summed E-state index contributed by atoms with van der Waals surface area (Å²) in [4.78, 5) is 15.8. The SMILES string of the molecule is CCCc1nc(C(=O)Nc2cccc(C(F)(F)F)c2)n[nH]1. The van der Waals surface area contributed by atoms with Gasteiger partial charge in [-0.05, 0) is 24.6 Å². The fourth-order valence-corrected chi connectivity index (χ4v) is 1.71. The molecule has 21 heavy (non-hydrogen) atoms. The minimum absolute atomic E-state index is 0.0386. The third kappa shape index (κ3) is 3.80. The molecular formula is C13H13F3N4O. The van der Waals surface area contributed by atoms with Crippen LogP contribution >= 0.6 is 0 Å². The minimum Gasteiger partial charge on any atom is -0.319 e. The first kappa shape index (κ1) is 15.0. The number of H-pyrrole nitrogens is 1. The van der Waals surface area contributed by atoms with Crippen molar-refractivity contribution < 1.29 is 18.0 Å². The van der Waals surface area contributed by atoms with Gasteiger partial charge in [-0.15, -0.1) is 5.10 Å². The predicted molar refractivity (Wildman–Crippen MR) is 69.8 cm³/mol. The smallest absolute Gasteiger partial charge is 0.319 e. The van der Waals surface area contributed by atoms with Gasteiger partial charge in [-0.25, -0.2) is 4.98 Å². The summed E-state index contributed by atoms with van der Waals surface area (Å²) in [6.07, 6.45) is -2.98. The molecular weight excluding hydrogens is 285 g/mol. The Morgan fingerprint density at radius 2 is 2.14 bits per heavy atom. The molecule has 2 rings (SSSR count). The van der Waals surface area contributed by atoms with E-state index in [9.17, 15) is 18.0 Å². The number of alkyl halides is 3. The van der Waals surface area contributed by atoms with Crippen molar-refractivity contribution in [3.05, 3.63) is 41.5 Å². The van der Waals surface area contributed by atoms with E-state index in [-0.39, 0.29) is 11.5 Å². The highest BCUT2D eigenvalue weighted by molar-refractivity contribution is 6.01. The monoisotopic (exact) mass is 298 g/mol. The van der Waals surface area contributed by atoms with Crippen molar-refractivity contribution in [2.45, 2.75) is 25.9 Å². The van der Waals surface area contributed by atoms with Crippen LogP contribution in [0, 0.1) is 0 Å². The van der Waals surface area contributed by atoms with E-state index in [0.29, 0.717) is 12.2 Å². The summed E-state index contributed by atoms with van der Waals surface area (Å²) in [6, 6.07) is 4.38. The Bertz CT molecular complexity index is 636. The summed E-state index contributed by atoms with van der Waals surface area (Å²) in [6.45, 7) is 1.95. The molecule has 0 atom stereocenters. The van der Waals surface area contributed by atoms with Gasteiger partial charge >= 0.3 is 6.18 Å². The molecule has 0 radical (unpaired) electrons. The average molecular weight is 298 g/mol. The molecule has 2 N–H and O–H groups in total. The predicted octanol–water partition coefficient (Wildman–Crippen LogP) is 3.03. The maximum Gasteiger partial charge on any atom is 0.416 e. The lowest BCUT2D eigenvalue weighted by Gasteiger charge is -2.08. The highest BCUT2D eigenvalue weighted by Gasteiger charge is 2.30. The Labute approximate surface area is 118 Å². The van der Waals surface area contributed by atoms with Crippen LogP contribution in [0.5, 0.6) is 0 Å². The van der Waals surface area contributed by atoms with Crippen molar-refractivity contribution in [1.29, 1.82) is 0 Å². The van der Waals surface area contributed by atoms with E-state index in [1.807, 2.05) is 6.92 Å². The Balaban J connectivity index is 2.12. The third-order valence-corrected chi connectivity index (χ3v) is 2.67. The Morgan fingerprint density at radius 3 is 2.81 bits per heavy atom. The van der Waals surface area contributed by atoms with Gasteiger partial charge < -0.3 is 5.32 Å². The maximum atomic E-state index is 12.6. The van der Waals surface area contributed by atoms with Crippen LogP contribution in [-0.2, 0) is 12.6 Å². The van der Waals surface area contributed by atoms with E-state index in [1.165, 1.54) is 12.1 Å². The van der Waals surface area contributed by atoms with Gasteiger partial charge in [-0.3, -0.25) is 9.89 Å². The third-order valence-electron chi connectivity index (χ3n) is 2.67. The molecule has 2 aromatic rings. The summed E-state index contributed by atoms with van der Waals surface area (Å²) in [5, 5.41) is 8.68. The number of rotatable bonds is 4. The summed E-state index contributed by atoms with van der Waals surface area (Å²) in [5.74, 6) is -0.199. The van der Waals surface area contributed by atoms with Crippen molar-refractivity contribution in [1.82, 2.24) is 15.2 Å². The van der Waals surface area contributed by atoms with Gasteiger partial charge in [0.25, 0.3) is 5.91 Å². The number of aromatic amines is 1. The molecule has 112 valence electrons. The largest absolute Gasteiger partial charge is 0.416 e. The van der Waals surface area contributed by atoms with E-state index < -0.39 is 17.6 Å². The normalized spacial score (nSPS) is 11.4. The summed E-state index contributed by atoms with van der Waals surface area (Å²) in [7, 11) is 0. The zero-order valence-corrected chi connectivity index (χ0v) is 11.2. The number of carbonyl (C=O) groups is 1. The average Bonchev–Trinajstić information content (AvgIpc) is 2.87. The van der Waals surface area contributed by atoms with Gasteiger partial charge in [0.2, 0.25) is 5.82 Å². The molecule has 0 unspecified atom stereocenters. The van der Waals surface area contributed by atoms with Gasteiger partial charge in [0, 0.05) is 12.1 Å². The topological polar surface area (TPSA) is 70.7 Å². The molecule has 8 heteroatoms. The van der Waals surface area contributed by atoms with Crippen molar-refractivity contribution in [3.63, 3.8) is 0 Å². The second kappa shape index (κ2) is 5.94. The number of amides is 1. The van der Waals surface area contributed by atoms with Gasteiger partial charge in [-0.1, -0.05) is 13.0 Å². The maximum absolute atomic E-state index is 12.6. The second-order valence-electron chi connectivity index (χ2n) is 4.39. The second-order valence-corrected chi connectivity index (χ2v) is 4.39. The lowest BCUT2D eigenvalue weighted by molar-refractivity contribution is -0.137. The van der Waals surface area contributed by atoms with E-state index in [4.69, 9.17) is 0 Å². The molecule has 5 nitrogen and oxygen atoms in total. The van der Waals surface area contributed by atoms with Crippen molar-refractivity contribution in [3.8, 4) is 0 Å². The number of halogens is 3. The number of anilines is 1. The first-order valence-electron chi connectivity index (χ1n) is 6.30. The lowest BCUT2D eigenvalue weighted by atomic mass is 10.2. The van der Waals surface area contributed by atoms with Gasteiger partial charge in [0.1, 0.15) is 5.82 Å². The fraction of sp³-hybridized carbons (Fsp3) is 0.308. The quantitative estimate of drug-likeness (QED) is 0.911. The fourth-order valence-electron chi connectivity index (χ4n) is 1.71. The highest BCUT2D eigenvalue weighted by atomic mass is 19.4. The lowest BCUT2D eigenvalue weighted by Crippen LogP contribution is -2.14. The molecule has 0 aliphatic rings. The van der Waals surface area contributed by atoms with Crippen LogP contribution in [0.15, 0.2) is 24.3 Å². The van der Waals surface area contributed by atoms with Crippen LogP contribution in [0.3, 0.4) is 0 Å². The summed E-state index contributed by atoms with van der Waals surface area (Å²) >= 11 is 0. The molecule has 0 aliphatic carbocycles. The number of aryl methyl sites for hydroxylation is 1. The molecule has 1 heterocycles. The van der Waals surface area contributed by atoms with Crippen molar-refractivity contribution in [2.75, 3.05) is 5.32 Å². The number of aromatic nitrogens is 3. The van der Waals surface area contributed by atoms with Crippen LogP contribution in [0.2, 0.25) is 0 Å². The Kier molecular flexibility index (Phi) is 4.25. The van der Waals surface area contributed by atoms with Crippen molar-refractivity contribution >= 4 is 11.6 Å². The standard InChI is InChI=1S/C13H13F3N4O/c1-2-4-10-18-11(20-19-10)12(21)17-9-6-3-5-8(7-9)13(14,15)16/h3,5-7H,2,4H2,1H3,(H,17,21)(H,18,19,20). The van der Waals surface area contributed by atoms with Crippen LogP contribution in [0.4, 0.5) is 18.9 Å². The summed E-state index contributed by atoms with van der Waals surface area (Å²) < 4.78 is 37.7. The Morgan fingerprint density at radius 1 is 1.38 bits per heavy atom. The van der Waals surface area contributed by atoms with Crippen LogP contribution < -0.4 is 5.32 Å². The van der Waals surface area contributed by atoms with Crippen LogP contribution in [0.1, 0.15) is 35.4 Å². The molecule has 1 aromatic carbocycles. The molecule has 0 fully saturated rings. The number of hydrogen-bond acceptors (Lipinski definition) is 3. The van der Waals surface area contributed by atoms with Crippen LogP contribution in [0.25, 0.3) is 0 Å². The first-order valence-corrected chi connectivity index (χ1v) is 6.30. The molecule has 0 spiro atoms. The zero-order valence-electron chi connectivity index (χ0n) is 11.2. The summed E-state index contributed by atoms with van der Waals surface area (Å²) in [5.41, 5.74) is -0.793. The number of carbonyl (C=O) groups excluding carboxylic acids is 1. The van der Waals surface area contributed by atoms with Crippen LogP contribution in [-0.4, -0.2) is 21.1 Å². The van der Waals surface area contributed by atoms with E-state index in [0.717, 1.165) is 18.6 Å². The Hall–Kier alpha value is -2.38. The zero-order chi connectivity index (χ0) is 15.5. The number of nitrogens with one attached hydrogen (secondary N) is 2. The van der Waals surface area contributed by atoms with Gasteiger partial charge in [-0.2, -0.15) is 13.2 Å². The molecule has 1 amide bonds. The van der Waals surface area contributed by atoms with Gasteiger partial charge in [0.15, 0.2) is 0 Å². The van der Waals surface area contributed by atoms with E-state index >= 15 is 0 Å². The minimum atomic E-state index is -4.46. The molecule has 0 aliphatic heterocycles. The number of benzene rings is 1. The van der Waals surface area contributed by atoms with E-state index in [1.54, 1.807) is 0 Å². The number of hydrogen-bond donors (Lipinski definition) is 2. The molecule has 0 saturated heterocycles. The highest BCUT2D eigenvalue weighted by Crippen LogP contribution is 2.30. The first-order chi connectivity index (χ1) is 9.90. The molecule has 0 bridgehead atoms. The number of nitrogens with zero attached hydrogens (tertiary/aromatic N) is 2. The van der Waals surface area contributed by atoms with Gasteiger partial charge in [0.05, 0.1) is 5.56 Å². The van der Waals surface area contributed by atoms with Crippen molar-refractivity contribution in [2.24, 2.45) is 0 Å². The van der Waals surface area contributed by atoms with E-state index in [2.05, 4.69) is 20.5 Å².